The molecule has 0 bridgehead atoms. The molecule has 4 heteroatoms. The lowest BCUT2D eigenvalue weighted by atomic mass is 9.96. The number of aromatic nitrogens is 3. The number of fused-ring (bicyclic) bond motifs is 8. The Labute approximate surface area is 298 Å². The van der Waals surface area contributed by atoms with Crippen LogP contribution in [0.25, 0.3) is 109 Å². The molecular formula is C47H27N3S. The van der Waals surface area contributed by atoms with E-state index in [2.05, 4.69) is 146 Å². The molecule has 2 aromatic heterocycles. The summed E-state index contributed by atoms with van der Waals surface area (Å²) < 4.78 is 2.52. The van der Waals surface area contributed by atoms with Gasteiger partial charge in [-0.2, -0.15) is 0 Å². The minimum atomic E-state index is 0.657. The lowest BCUT2D eigenvalue weighted by Crippen LogP contribution is -2.01. The van der Waals surface area contributed by atoms with Crippen molar-refractivity contribution in [1.29, 1.82) is 0 Å². The maximum atomic E-state index is 5.34. The molecule has 0 spiro atoms. The third-order valence-corrected chi connectivity index (χ3v) is 11.4. The van der Waals surface area contributed by atoms with Crippen LogP contribution in [0.1, 0.15) is 0 Å². The van der Waals surface area contributed by atoms with Gasteiger partial charge in [-0.3, -0.25) is 0 Å². The van der Waals surface area contributed by atoms with E-state index < -0.39 is 0 Å². The zero-order chi connectivity index (χ0) is 33.5. The summed E-state index contributed by atoms with van der Waals surface area (Å²) in [6, 6.07) is 58.2. The Morgan fingerprint density at radius 3 is 1.82 bits per heavy atom. The van der Waals surface area contributed by atoms with Gasteiger partial charge in [-0.15, -0.1) is 11.3 Å². The number of hydrogen-bond acceptors (Lipinski definition) is 4. The fourth-order valence-corrected chi connectivity index (χ4v) is 9.26. The van der Waals surface area contributed by atoms with Crippen LogP contribution in [0, 0.1) is 0 Å². The van der Waals surface area contributed by atoms with Crippen molar-refractivity contribution in [2.24, 2.45) is 0 Å². The van der Waals surface area contributed by atoms with Gasteiger partial charge in [-0.05, 0) is 67.6 Å². The molecule has 236 valence electrons. The zero-order valence-corrected chi connectivity index (χ0v) is 28.2. The average Bonchev–Trinajstić information content (AvgIpc) is 3.75. The summed E-state index contributed by atoms with van der Waals surface area (Å²) in [6.45, 7) is 0. The third kappa shape index (κ3) is 4.33. The molecule has 0 saturated heterocycles. The molecule has 3 nitrogen and oxygen atoms in total. The van der Waals surface area contributed by atoms with Crippen LogP contribution in [0.3, 0.4) is 0 Å². The predicted octanol–water partition coefficient (Wildman–Crippen LogP) is 12.9. The summed E-state index contributed by atoms with van der Waals surface area (Å²) in [6.07, 6.45) is 0. The standard InChI is InChI=1S/C47H27N3S/c1-3-12-28(13-4-1)32-26-31-16-7-8-19-33(31)39(27-32)47-49-45(30-14-5-2-6-15-30)48-46(50-47)38-22-11-23-40-42(38)37-25-24-35-34-20-9-17-29-18-10-21-36(41(29)34)43(35)44(37)51-40/h1-27H. The van der Waals surface area contributed by atoms with Gasteiger partial charge in [0.15, 0.2) is 17.5 Å². The average molecular weight is 666 g/mol. The van der Waals surface area contributed by atoms with E-state index in [0.29, 0.717) is 17.5 Å². The van der Waals surface area contributed by atoms with Gasteiger partial charge < -0.3 is 0 Å². The Morgan fingerprint density at radius 2 is 1.00 bits per heavy atom. The predicted molar refractivity (Wildman–Crippen MR) is 214 cm³/mol. The minimum absolute atomic E-state index is 0.657. The molecule has 0 unspecified atom stereocenters. The van der Waals surface area contributed by atoms with Crippen LogP contribution >= 0.6 is 11.3 Å². The summed E-state index contributed by atoms with van der Waals surface area (Å²) in [5.74, 6) is 1.99. The first kappa shape index (κ1) is 28.4. The fourth-order valence-electron chi connectivity index (χ4n) is 7.97. The second kappa shape index (κ2) is 11.0. The third-order valence-electron chi connectivity index (χ3n) is 10.2. The smallest absolute Gasteiger partial charge is 0.164 e. The van der Waals surface area contributed by atoms with Crippen LogP contribution in [-0.2, 0) is 0 Å². The summed E-state index contributed by atoms with van der Waals surface area (Å²) in [5.41, 5.74) is 10.5. The number of hydrogen-bond donors (Lipinski definition) is 0. The molecule has 0 radical (unpaired) electrons. The molecule has 0 fully saturated rings. The Kier molecular flexibility index (Phi) is 6.12. The molecule has 51 heavy (non-hydrogen) atoms. The highest BCUT2D eigenvalue weighted by Crippen LogP contribution is 2.53. The fraction of sp³-hybridized carbons (Fsp3) is 0. The molecule has 0 N–H and O–H groups in total. The van der Waals surface area contributed by atoms with E-state index in [9.17, 15) is 0 Å². The van der Waals surface area contributed by atoms with E-state index in [-0.39, 0.29) is 0 Å². The molecule has 0 saturated carbocycles. The first-order chi connectivity index (χ1) is 25.3. The van der Waals surface area contributed by atoms with Crippen LogP contribution in [0.15, 0.2) is 164 Å². The van der Waals surface area contributed by atoms with E-state index in [1.54, 1.807) is 0 Å². The zero-order valence-electron chi connectivity index (χ0n) is 27.3. The van der Waals surface area contributed by atoms with Crippen LogP contribution in [0.4, 0.5) is 0 Å². The van der Waals surface area contributed by atoms with Gasteiger partial charge in [0.05, 0.1) is 0 Å². The highest BCUT2D eigenvalue weighted by Gasteiger charge is 2.26. The molecule has 1 aliphatic rings. The highest BCUT2D eigenvalue weighted by atomic mass is 32.1. The van der Waals surface area contributed by atoms with E-state index in [1.165, 1.54) is 53.2 Å². The van der Waals surface area contributed by atoms with Gasteiger partial charge in [-0.1, -0.05) is 146 Å². The normalized spacial score (nSPS) is 11.9. The molecule has 0 atom stereocenters. The molecule has 11 rings (SSSR count). The van der Waals surface area contributed by atoms with Crippen molar-refractivity contribution in [3.8, 4) is 67.5 Å². The van der Waals surface area contributed by atoms with Gasteiger partial charge in [0.25, 0.3) is 0 Å². The molecule has 10 aromatic rings. The van der Waals surface area contributed by atoms with Crippen LogP contribution in [0.5, 0.6) is 0 Å². The topological polar surface area (TPSA) is 38.7 Å². The minimum Gasteiger partial charge on any atom is -0.208 e. The van der Waals surface area contributed by atoms with E-state index >= 15 is 0 Å². The highest BCUT2D eigenvalue weighted by molar-refractivity contribution is 7.26. The van der Waals surface area contributed by atoms with Gasteiger partial charge in [0.1, 0.15) is 0 Å². The van der Waals surface area contributed by atoms with Gasteiger partial charge >= 0.3 is 0 Å². The first-order valence-electron chi connectivity index (χ1n) is 17.2. The number of nitrogens with zero attached hydrogens (tertiary/aromatic N) is 3. The molecule has 8 aromatic carbocycles. The van der Waals surface area contributed by atoms with Gasteiger partial charge in [-0.25, -0.2) is 15.0 Å². The summed E-state index contributed by atoms with van der Waals surface area (Å²) in [4.78, 5) is 15.7. The van der Waals surface area contributed by atoms with Crippen LogP contribution in [-0.4, -0.2) is 15.0 Å². The van der Waals surface area contributed by atoms with Gasteiger partial charge in [0.2, 0.25) is 0 Å². The lowest BCUT2D eigenvalue weighted by molar-refractivity contribution is 1.08. The molecule has 2 heterocycles. The monoisotopic (exact) mass is 665 g/mol. The molecule has 1 aliphatic carbocycles. The second-order valence-electron chi connectivity index (χ2n) is 13.1. The molecular weight excluding hydrogens is 639 g/mol. The number of benzene rings is 8. The maximum absolute atomic E-state index is 5.34. The lowest BCUT2D eigenvalue weighted by Gasteiger charge is -2.13. The van der Waals surface area contributed by atoms with Crippen molar-refractivity contribution >= 4 is 53.1 Å². The quantitative estimate of drug-likeness (QED) is 0.188. The second-order valence-corrected chi connectivity index (χ2v) is 14.2. The molecule has 0 amide bonds. The summed E-state index contributed by atoms with van der Waals surface area (Å²) in [5, 5.41) is 7.30. The summed E-state index contributed by atoms with van der Waals surface area (Å²) in [7, 11) is 0. The maximum Gasteiger partial charge on any atom is 0.164 e. The van der Waals surface area contributed by atoms with Crippen LogP contribution in [0.2, 0.25) is 0 Å². The largest absolute Gasteiger partial charge is 0.208 e. The van der Waals surface area contributed by atoms with Gasteiger partial charge in [0, 0.05) is 42.4 Å². The number of thiophene rings is 1. The van der Waals surface area contributed by atoms with Crippen molar-refractivity contribution in [2.75, 3.05) is 0 Å². The Hall–Kier alpha value is -6.49. The van der Waals surface area contributed by atoms with Crippen LogP contribution < -0.4 is 0 Å². The van der Waals surface area contributed by atoms with Crippen molar-refractivity contribution in [3.05, 3.63) is 164 Å². The van der Waals surface area contributed by atoms with Crippen molar-refractivity contribution in [3.63, 3.8) is 0 Å². The SMILES string of the molecule is c1ccc(-c2cc(-c3nc(-c4ccccc4)nc(-c4cccc5sc6c7c(ccc6c45)-c4cccc5cccc-7c45)n3)c3ccccc3c2)cc1. The van der Waals surface area contributed by atoms with Crippen molar-refractivity contribution in [1.82, 2.24) is 15.0 Å². The van der Waals surface area contributed by atoms with E-state index in [0.717, 1.165) is 38.6 Å². The van der Waals surface area contributed by atoms with Crippen molar-refractivity contribution in [2.45, 2.75) is 0 Å². The van der Waals surface area contributed by atoms with E-state index in [1.807, 2.05) is 29.5 Å². The Morgan fingerprint density at radius 1 is 0.353 bits per heavy atom. The Bertz CT molecular complexity index is 3010. The first-order valence-corrected chi connectivity index (χ1v) is 18.0. The Balaban J connectivity index is 1.18. The van der Waals surface area contributed by atoms with Crippen molar-refractivity contribution < 1.29 is 0 Å². The van der Waals surface area contributed by atoms with E-state index in [4.69, 9.17) is 15.0 Å². The molecule has 0 aliphatic heterocycles. The number of rotatable bonds is 4. The summed E-state index contributed by atoms with van der Waals surface area (Å²) >= 11 is 1.86.